The van der Waals surface area contributed by atoms with E-state index in [1.165, 1.54) is 16.2 Å². The van der Waals surface area contributed by atoms with E-state index in [1.54, 1.807) is 6.92 Å². The number of aromatic nitrogens is 2. The van der Waals surface area contributed by atoms with Crippen LogP contribution in [0, 0.1) is 13.8 Å². The number of ketones is 1. The molecule has 0 spiro atoms. The molecule has 0 saturated heterocycles. The number of carbonyl (C=O) groups is 2. The highest BCUT2D eigenvalue weighted by Crippen LogP contribution is 2.39. The van der Waals surface area contributed by atoms with Gasteiger partial charge >= 0.3 is 0 Å². The second kappa shape index (κ2) is 8.29. The van der Waals surface area contributed by atoms with Crippen molar-refractivity contribution in [1.29, 1.82) is 0 Å². The van der Waals surface area contributed by atoms with Gasteiger partial charge in [-0.3, -0.25) is 9.59 Å². The number of nitrogens with one attached hydrogen (secondary N) is 1. The molecule has 29 heavy (non-hydrogen) atoms. The molecule has 1 aliphatic rings. The van der Waals surface area contributed by atoms with Crippen LogP contribution in [-0.2, 0) is 24.1 Å². The Kier molecular flexibility index (Phi) is 5.58. The number of hydrogen-bond acceptors (Lipinski definition) is 6. The summed E-state index contributed by atoms with van der Waals surface area (Å²) in [5, 5.41) is 7.38. The smallest absolute Gasteiger partial charge is 0.227 e. The molecule has 4 rings (SSSR count). The number of carbonyl (C=O) groups excluding carboxylic acids is 2. The highest BCUT2D eigenvalue weighted by atomic mass is 32.1. The lowest BCUT2D eigenvalue weighted by Crippen LogP contribution is -2.15. The Labute approximate surface area is 173 Å². The lowest BCUT2D eigenvalue weighted by molar-refractivity contribution is -0.116. The Morgan fingerprint density at radius 3 is 2.79 bits per heavy atom. The molecule has 0 unspecified atom stereocenters. The van der Waals surface area contributed by atoms with Gasteiger partial charge in [-0.1, -0.05) is 28.9 Å². The van der Waals surface area contributed by atoms with E-state index >= 15 is 0 Å². The van der Waals surface area contributed by atoms with Gasteiger partial charge in [0, 0.05) is 23.3 Å². The highest BCUT2D eigenvalue weighted by Gasteiger charge is 2.27. The Balaban J connectivity index is 1.58. The van der Waals surface area contributed by atoms with E-state index in [2.05, 4.69) is 15.5 Å². The summed E-state index contributed by atoms with van der Waals surface area (Å²) in [5.74, 6) is 0.824. The normalized spacial score (nSPS) is 13.2. The van der Waals surface area contributed by atoms with Crippen molar-refractivity contribution in [3.05, 3.63) is 63.1 Å². The summed E-state index contributed by atoms with van der Waals surface area (Å²) < 4.78 is 5.07. The van der Waals surface area contributed by atoms with E-state index in [0.717, 1.165) is 36.8 Å². The molecule has 7 heteroatoms. The van der Waals surface area contributed by atoms with Crippen molar-refractivity contribution in [1.82, 2.24) is 10.1 Å². The third-order valence-electron chi connectivity index (χ3n) is 5.07. The number of rotatable bonds is 6. The maximum Gasteiger partial charge on any atom is 0.227 e. The maximum absolute atomic E-state index is 13.3. The average Bonchev–Trinajstić information content (AvgIpc) is 3.28. The largest absolute Gasteiger partial charge is 0.339 e. The molecule has 1 N–H and O–H groups in total. The van der Waals surface area contributed by atoms with Crippen LogP contribution < -0.4 is 5.32 Å². The summed E-state index contributed by atoms with van der Waals surface area (Å²) in [7, 11) is 0. The van der Waals surface area contributed by atoms with Gasteiger partial charge in [0.15, 0.2) is 11.6 Å². The second-order valence-electron chi connectivity index (χ2n) is 7.40. The Bertz CT molecular complexity index is 1070. The third kappa shape index (κ3) is 4.29. The van der Waals surface area contributed by atoms with Crippen LogP contribution in [0.5, 0.6) is 0 Å². The average molecular weight is 410 g/mol. The number of nitrogens with zero attached hydrogens (tertiary/aromatic N) is 2. The number of hydrogen-bond donors (Lipinski definition) is 1. The topological polar surface area (TPSA) is 85.1 Å². The first-order valence-electron chi connectivity index (χ1n) is 9.86. The molecule has 6 nitrogen and oxygen atoms in total. The Morgan fingerprint density at radius 1 is 1.21 bits per heavy atom. The van der Waals surface area contributed by atoms with Crippen LogP contribution in [0.2, 0.25) is 0 Å². The van der Waals surface area contributed by atoms with Crippen molar-refractivity contribution in [2.45, 2.75) is 52.4 Å². The van der Waals surface area contributed by atoms with E-state index in [9.17, 15) is 9.59 Å². The predicted molar refractivity (Wildman–Crippen MR) is 112 cm³/mol. The van der Waals surface area contributed by atoms with E-state index in [1.807, 2.05) is 31.2 Å². The summed E-state index contributed by atoms with van der Waals surface area (Å²) in [4.78, 5) is 31.2. The van der Waals surface area contributed by atoms with Gasteiger partial charge in [0.1, 0.15) is 5.00 Å². The van der Waals surface area contributed by atoms with Gasteiger partial charge < -0.3 is 9.84 Å². The van der Waals surface area contributed by atoms with Crippen LogP contribution >= 0.6 is 11.3 Å². The van der Waals surface area contributed by atoms with Gasteiger partial charge in [0.25, 0.3) is 0 Å². The molecular weight excluding hydrogens is 386 g/mol. The molecule has 0 atom stereocenters. The molecule has 1 aromatic carbocycles. The van der Waals surface area contributed by atoms with Gasteiger partial charge in [0.05, 0.1) is 5.56 Å². The zero-order valence-corrected chi connectivity index (χ0v) is 17.4. The lowest BCUT2D eigenvalue weighted by atomic mass is 9.91. The quantitative estimate of drug-likeness (QED) is 0.609. The van der Waals surface area contributed by atoms with Crippen LogP contribution in [0.4, 0.5) is 5.00 Å². The first-order valence-corrected chi connectivity index (χ1v) is 10.7. The molecule has 0 saturated carbocycles. The fourth-order valence-corrected chi connectivity index (χ4v) is 4.98. The van der Waals surface area contributed by atoms with Crippen molar-refractivity contribution in [3.8, 4) is 0 Å². The number of amides is 1. The summed E-state index contributed by atoms with van der Waals surface area (Å²) in [6, 6.07) is 7.61. The molecule has 1 amide bonds. The van der Waals surface area contributed by atoms with Crippen molar-refractivity contribution in [2.24, 2.45) is 0 Å². The van der Waals surface area contributed by atoms with E-state index < -0.39 is 0 Å². The van der Waals surface area contributed by atoms with Crippen LogP contribution in [0.3, 0.4) is 0 Å². The third-order valence-corrected chi connectivity index (χ3v) is 6.27. The minimum absolute atomic E-state index is 0.0177. The van der Waals surface area contributed by atoms with Crippen LogP contribution in [-0.4, -0.2) is 21.8 Å². The van der Waals surface area contributed by atoms with E-state index in [0.29, 0.717) is 34.3 Å². The molecule has 1 aliphatic carbocycles. The summed E-state index contributed by atoms with van der Waals surface area (Å²) in [6.45, 7) is 3.72. The Hall–Kier alpha value is -2.80. The van der Waals surface area contributed by atoms with Gasteiger partial charge in [-0.2, -0.15) is 4.98 Å². The van der Waals surface area contributed by atoms with Gasteiger partial charge in [-0.15, -0.1) is 11.3 Å². The molecule has 2 aromatic heterocycles. The van der Waals surface area contributed by atoms with E-state index in [4.69, 9.17) is 4.52 Å². The monoisotopic (exact) mass is 409 g/mol. The van der Waals surface area contributed by atoms with Gasteiger partial charge in [-0.25, -0.2) is 0 Å². The summed E-state index contributed by atoms with van der Waals surface area (Å²) in [5.41, 5.74) is 3.47. The zero-order chi connectivity index (χ0) is 20.4. The molecule has 0 radical (unpaired) electrons. The van der Waals surface area contributed by atoms with Crippen molar-refractivity contribution < 1.29 is 14.1 Å². The predicted octanol–water partition coefficient (Wildman–Crippen LogP) is 4.43. The number of thiophene rings is 1. The van der Waals surface area contributed by atoms with Gasteiger partial charge in [0.2, 0.25) is 11.8 Å². The first kappa shape index (κ1) is 19.5. The number of benzene rings is 1. The SMILES string of the molecule is Cc1cccc(C(=O)c2c(NC(=O)CCc3nc(C)no3)sc3c2CCCC3)c1. The summed E-state index contributed by atoms with van der Waals surface area (Å²) >= 11 is 1.54. The minimum Gasteiger partial charge on any atom is -0.339 e. The number of aryl methyl sites for hydroxylation is 4. The molecule has 3 aromatic rings. The Morgan fingerprint density at radius 2 is 2.03 bits per heavy atom. The number of anilines is 1. The molecule has 0 bridgehead atoms. The molecule has 2 heterocycles. The molecule has 0 aliphatic heterocycles. The summed E-state index contributed by atoms with van der Waals surface area (Å²) in [6.07, 6.45) is 4.64. The molecule has 150 valence electrons. The van der Waals surface area contributed by atoms with Crippen LogP contribution in [0.25, 0.3) is 0 Å². The standard InChI is InChI=1S/C22H23N3O3S/c1-13-6-5-7-15(12-13)21(27)20-16-8-3-4-9-17(16)29-22(20)24-18(26)10-11-19-23-14(2)25-28-19/h5-7,12H,3-4,8-11H2,1-2H3,(H,24,26). The number of fused-ring (bicyclic) bond motifs is 1. The van der Waals surface area contributed by atoms with Crippen molar-refractivity contribution in [3.63, 3.8) is 0 Å². The van der Waals surface area contributed by atoms with Crippen molar-refractivity contribution in [2.75, 3.05) is 5.32 Å². The molecule has 0 fully saturated rings. The van der Waals surface area contributed by atoms with E-state index in [-0.39, 0.29) is 18.1 Å². The lowest BCUT2D eigenvalue weighted by Gasteiger charge is -2.13. The minimum atomic E-state index is -0.155. The maximum atomic E-state index is 13.3. The fraction of sp³-hybridized carbons (Fsp3) is 0.364. The highest BCUT2D eigenvalue weighted by molar-refractivity contribution is 7.17. The zero-order valence-electron chi connectivity index (χ0n) is 16.6. The fourth-order valence-electron chi connectivity index (χ4n) is 3.68. The van der Waals surface area contributed by atoms with Gasteiger partial charge in [-0.05, 0) is 51.2 Å². The first-order chi connectivity index (χ1) is 14.0. The van der Waals surface area contributed by atoms with Crippen molar-refractivity contribution >= 4 is 28.0 Å². The van der Waals surface area contributed by atoms with Crippen LogP contribution in [0.1, 0.15) is 62.9 Å². The molecular formula is C22H23N3O3S. The second-order valence-corrected chi connectivity index (χ2v) is 8.50. The van der Waals surface area contributed by atoms with Crippen LogP contribution in [0.15, 0.2) is 28.8 Å².